The van der Waals surface area contributed by atoms with Crippen molar-refractivity contribution in [3.8, 4) is 0 Å². The standard InChI is InChI=1S/C11H13ClN2OS/c1-7(6-15-2)14-10-4-3-8(12)5-9(10)13-11(14)16/h3-5,7H,6H2,1-2H3,(H,13,16). The Hall–Kier alpha value is -0.840. The van der Waals surface area contributed by atoms with Crippen LogP contribution in [0.1, 0.15) is 13.0 Å². The zero-order chi connectivity index (χ0) is 11.7. The minimum absolute atomic E-state index is 0.201. The molecule has 0 amide bonds. The zero-order valence-electron chi connectivity index (χ0n) is 9.16. The van der Waals surface area contributed by atoms with Crippen LogP contribution in [0.25, 0.3) is 11.0 Å². The Morgan fingerprint density at radius 1 is 1.56 bits per heavy atom. The molecule has 1 aromatic heterocycles. The van der Waals surface area contributed by atoms with E-state index in [0.29, 0.717) is 16.4 Å². The second-order valence-electron chi connectivity index (χ2n) is 3.77. The van der Waals surface area contributed by atoms with Crippen LogP contribution in [0.5, 0.6) is 0 Å². The highest BCUT2D eigenvalue weighted by Crippen LogP contribution is 2.22. The van der Waals surface area contributed by atoms with Crippen molar-refractivity contribution in [2.75, 3.05) is 13.7 Å². The third-order valence-corrected chi connectivity index (χ3v) is 3.06. The van der Waals surface area contributed by atoms with Gasteiger partial charge in [0.05, 0.1) is 23.7 Å². The second-order valence-corrected chi connectivity index (χ2v) is 4.59. The molecule has 0 bridgehead atoms. The van der Waals surface area contributed by atoms with Crippen LogP contribution in [0.2, 0.25) is 5.02 Å². The van der Waals surface area contributed by atoms with Crippen molar-refractivity contribution in [1.29, 1.82) is 0 Å². The summed E-state index contributed by atoms with van der Waals surface area (Å²) in [5, 5.41) is 0.704. The fraction of sp³-hybridized carbons (Fsp3) is 0.364. The van der Waals surface area contributed by atoms with Gasteiger partial charge < -0.3 is 14.3 Å². The Bertz CT molecular complexity index is 561. The Balaban J connectivity index is 2.60. The fourth-order valence-corrected chi connectivity index (χ4v) is 2.42. The maximum Gasteiger partial charge on any atom is 0.178 e. The highest BCUT2D eigenvalue weighted by molar-refractivity contribution is 7.71. The van der Waals surface area contributed by atoms with Crippen molar-refractivity contribution in [2.24, 2.45) is 0 Å². The Labute approximate surface area is 104 Å². The van der Waals surface area contributed by atoms with Gasteiger partial charge in [-0.2, -0.15) is 0 Å². The quantitative estimate of drug-likeness (QED) is 0.851. The molecule has 3 nitrogen and oxygen atoms in total. The molecule has 0 radical (unpaired) electrons. The minimum Gasteiger partial charge on any atom is -0.383 e. The molecule has 0 aliphatic rings. The number of nitrogens with zero attached hydrogens (tertiary/aromatic N) is 1. The van der Waals surface area contributed by atoms with Crippen LogP contribution in [0.3, 0.4) is 0 Å². The van der Waals surface area contributed by atoms with E-state index in [4.69, 9.17) is 28.6 Å². The Morgan fingerprint density at radius 3 is 3.00 bits per heavy atom. The number of halogens is 1. The van der Waals surface area contributed by atoms with E-state index in [9.17, 15) is 0 Å². The van der Waals surface area contributed by atoms with Crippen LogP contribution in [0.15, 0.2) is 18.2 Å². The van der Waals surface area contributed by atoms with Gasteiger partial charge in [0.1, 0.15) is 0 Å². The first-order valence-corrected chi connectivity index (χ1v) is 5.81. The smallest absolute Gasteiger partial charge is 0.178 e. The molecule has 1 heterocycles. The summed E-state index contributed by atoms with van der Waals surface area (Å²) in [7, 11) is 1.69. The van der Waals surface area contributed by atoms with Gasteiger partial charge in [0, 0.05) is 12.1 Å². The molecule has 0 saturated heterocycles. The van der Waals surface area contributed by atoms with Crippen LogP contribution in [-0.4, -0.2) is 23.3 Å². The van der Waals surface area contributed by atoms with Crippen molar-refractivity contribution in [1.82, 2.24) is 9.55 Å². The molecule has 0 saturated carbocycles. The highest BCUT2D eigenvalue weighted by atomic mass is 35.5. The van der Waals surface area contributed by atoms with Gasteiger partial charge in [-0.25, -0.2) is 0 Å². The van der Waals surface area contributed by atoms with E-state index in [-0.39, 0.29) is 6.04 Å². The zero-order valence-corrected chi connectivity index (χ0v) is 10.7. The van der Waals surface area contributed by atoms with Crippen molar-refractivity contribution in [3.63, 3.8) is 0 Å². The number of fused-ring (bicyclic) bond motifs is 1. The molecular formula is C11H13ClN2OS. The number of rotatable bonds is 3. The number of hydrogen-bond donors (Lipinski definition) is 1. The van der Waals surface area contributed by atoms with Crippen LogP contribution >= 0.6 is 23.8 Å². The molecule has 1 aromatic carbocycles. The van der Waals surface area contributed by atoms with Gasteiger partial charge >= 0.3 is 0 Å². The summed E-state index contributed by atoms with van der Waals surface area (Å²) >= 11 is 11.2. The summed E-state index contributed by atoms with van der Waals surface area (Å²) in [6.45, 7) is 2.70. The Kier molecular flexibility index (Phi) is 3.33. The van der Waals surface area contributed by atoms with Gasteiger partial charge in [-0.1, -0.05) is 11.6 Å². The summed E-state index contributed by atoms with van der Waals surface area (Å²) in [5.41, 5.74) is 2.01. The summed E-state index contributed by atoms with van der Waals surface area (Å²) in [5.74, 6) is 0. The Morgan fingerprint density at radius 2 is 2.31 bits per heavy atom. The number of hydrogen-bond acceptors (Lipinski definition) is 2. The number of ether oxygens (including phenoxy) is 1. The predicted octanol–water partition coefficient (Wildman–Crippen LogP) is 3.56. The first-order chi connectivity index (χ1) is 7.63. The third-order valence-electron chi connectivity index (χ3n) is 2.53. The lowest BCUT2D eigenvalue weighted by molar-refractivity contribution is 0.163. The maximum absolute atomic E-state index is 5.93. The predicted molar refractivity (Wildman–Crippen MR) is 68.7 cm³/mol. The first-order valence-electron chi connectivity index (χ1n) is 5.02. The number of imidazole rings is 1. The highest BCUT2D eigenvalue weighted by Gasteiger charge is 2.10. The molecule has 5 heteroatoms. The average Bonchev–Trinajstić information content (AvgIpc) is 2.53. The van der Waals surface area contributed by atoms with E-state index in [1.807, 2.05) is 22.8 Å². The molecule has 0 aliphatic heterocycles. The molecule has 2 rings (SSSR count). The third kappa shape index (κ3) is 2.00. The fourth-order valence-electron chi connectivity index (χ4n) is 1.86. The average molecular weight is 257 g/mol. The van der Waals surface area contributed by atoms with Crippen molar-refractivity contribution in [2.45, 2.75) is 13.0 Å². The van der Waals surface area contributed by atoms with Crippen molar-refractivity contribution >= 4 is 34.9 Å². The number of benzene rings is 1. The molecule has 86 valence electrons. The summed E-state index contributed by atoms with van der Waals surface area (Å²) < 4.78 is 7.89. The normalized spacial score (nSPS) is 13.2. The molecule has 1 atom stereocenters. The van der Waals surface area contributed by atoms with Gasteiger partial charge in [-0.05, 0) is 37.3 Å². The lowest BCUT2D eigenvalue weighted by Gasteiger charge is -2.13. The molecule has 1 N–H and O–H groups in total. The summed E-state index contributed by atoms with van der Waals surface area (Å²) in [6, 6.07) is 5.91. The molecular weight excluding hydrogens is 244 g/mol. The van der Waals surface area contributed by atoms with Crippen LogP contribution < -0.4 is 0 Å². The minimum atomic E-state index is 0.201. The largest absolute Gasteiger partial charge is 0.383 e. The topological polar surface area (TPSA) is 29.9 Å². The monoisotopic (exact) mass is 256 g/mol. The van der Waals surface area contributed by atoms with Crippen molar-refractivity contribution in [3.05, 3.63) is 28.0 Å². The number of methoxy groups -OCH3 is 1. The second kappa shape index (κ2) is 4.57. The number of aromatic nitrogens is 2. The van der Waals surface area contributed by atoms with Gasteiger partial charge in [0.15, 0.2) is 4.77 Å². The van der Waals surface area contributed by atoms with Gasteiger partial charge in [-0.15, -0.1) is 0 Å². The van der Waals surface area contributed by atoms with Gasteiger partial charge in [-0.3, -0.25) is 0 Å². The molecule has 0 aliphatic carbocycles. The lowest BCUT2D eigenvalue weighted by atomic mass is 10.3. The van der Waals surface area contributed by atoms with Crippen LogP contribution in [0.4, 0.5) is 0 Å². The van der Waals surface area contributed by atoms with E-state index in [1.165, 1.54) is 0 Å². The summed E-state index contributed by atoms with van der Waals surface area (Å²) in [4.78, 5) is 3.14. The maximum atomic E-state index is 5.93. The molecule has 16 heavy (non-hydrogen) atoms. The first kappa shape index (κ1) is 11.6. The van der Waals surface area contributed by atoms with E-state index in [2.05, 4.69) is 11.9 Å². The summed E-state index contributed by atoms with van der Waals surface area (Å²) in [6.07, 6.45) is 0. The van der Waals surface area contributed by atoms with Crippen LogP contribution in [0, 0.1) is 4.77 Å². The van der Waals surface area contributed by atoms with Crippen LogP contribution in [-0.2, 0) is 4.74 Å². The van der Waals surface area contributed by atoms with Gasteiger partial charge in [0.25, 0.3) is 0 Å². The molecule has 0 fully saturated rings. The molecule has 0 spiro atoms. The van der Waals surface area contributed by atoms with Gasteiger partial charge in [0.2, 0.25) is 0 Å². The SMILES string of the molecule is COCC(C)n1c(=S)[nH]c2cc(Cl)ccc21. The number of aromatic amines is 1. The molecule has 2 aromatic rings. The van der Waals surface area contributed by atoms with E-state index >= 15 is 0 Å². The number of nitrogens with one attached hydrogen (secondary N) is 1. The van der Waals surface area contributed by atoms with Crippen molar-refractivity contribution < 1.29 is 4.74 Å². The van der Waals surface area contributed by atoms with E-state index in [0.717, 1.165) is 11.0 Å². The van der Waals surface area contributed by atoms with E-state index in [1.54, 1.807) is 7.11 Å². The molecule has 1 unspecified atom stereocenters. The number of H-pyrrole nitrogens is 1. The van der Waals surface area contributed by atoms with E-state index < -0.39 is 0 Å². The lowest BCUT2D eigenvalue weighted by Crippen LogP contribution is -2.10.